The normalized spacial score (nSPS) is 11.8. The molecular formula is C6H6O8. The van der Waals surface area contributed by atoms with E-state index in [4.69, 9.17) is 15.3 Å². The summed E-state index contributed by atoms with van der Waals surface area (Å²) in [6.07, 6.45) is -2.23. The maximum atomic E-state index is 10.3. The molecule has 0 saturated heterocycles. The Labute approximate surface area is 76.7 Å². The predicted octanol–water partition coefficient (Wildman–Crippen LogP) is -1.60. The fourth-order valence-electron chi connectivity index (χ4n) is 0.704. The molecule has 8 nitrogen and oxygen atoms in total. The maximum absolute atomic E-state index is 10.3. The molecule has 0 bridgehead atoms. The Bertz CT molecular complexity index is 255. The van der Waals surface area contributed by atoms with Gasteiger partial charge in [-0.15, -0.1) is 0 Å². The van der Waals surface area contributed by atoms with Gasteiger partial charge in [0.1, 0.15) is 0 Å². The Kier molecular flexibility index (Phi) is 4.07. The molecule has 8 heteroatoms. The smallest absolute Gasteiger partial charge is 0.346 e. The van der Waals surface area contributed by atoms with Gasteiger partial charge in [-0.05, 0) is 0 Å². The van der Waals surface area contributed by atoms with E-state index in [0.29, 0.717) is 0 Å². The van der Waals surface area contributed by atoms with Crippen molar-refractivity contribution < 1.29 is 39.2 Å². The van der Waals surface area contributed by atoms with Crippen LogP contribution in [-0.4, -0.2) is 45.8 Å². The Morgan fingerprint density at radius 2 is 1.43 bits per heavy atom. The third-order valence-electron chi connectivity index (χ3n) is 1.28. The van der Waals surface area contributed by atoms with Crippen LogP contribution in [0, 0.1) is 5.92 Å². The number of rotatable bonds is 6. The summed E-state index contributed by atoms with van der Waals surface area (Å²) in [5.74, 6) is -7.96. The third kappa shape index (κ3) is 2.73. The highest BCUT2D eigenvalue weighted by atomic mass is 16.6. The van der Waals surface area contributed by atoms with Crippen molar-refractivity contribution in [2.45, 2.75) is 6.10 Å². The molecule has 1 atom stereocenters. The topological polar surface area (TPSA) is 138 Å². The van der Waals surface area contributed by atoms with Crippen LogP contribution in [-0.2, 0) is 23.9 Å². The number of hydrogen-bond acceptors (Lipinski definition) is 5. The molecule has 0 fully saturated rings. The molecule has 14 heavy (non-hydrogen) atoms. The van der Waals surface area contributed by atoms with Crippen molar-refractivity contribution in [3.05, 3.63) is 0 Å². The van der Waals surface area contributed by atoms with Crippen LogP contribution in [0.2, 0.25) is 0 Å². The van der Waals surface area contributed by atoms with Gasteiger partial charge >= 0.3 is 17.9 Å². The summed E-state index contributed by atoms with van der Waals surface area (Å²) in [7, 11) is 0. The summed E-state index contributed by atoms with van der Waals surface area (Å²) >= 11 is 0. The zero-order chi connectivity index (χ0) is 11.3. The first-order chi connectivity index (χ1) is 6.41. The summed E-state index contributed by atoms with van der Waals surface area (Å²) < 4.78 is 3.85. The fourth-order valence-corrected chi connectivity index (χ4v) is 0.704. The number of carboxylic acid groups (broad SMARTS) is 3. The standard InChI is InChI=1S/C6H6O8/c7-1-14-3(6(12)13)2(4(8)9)5(10)11/h1-3H,(H,8,9)(H,10,11)(H,12,13). The Balaban J connectivity index is 4.91. The second-order valence-electron chi connectivity index (χ2n) is 2.15. The van der Waals surface area contributed by atoms with Gasteiger partial charge in [0, 0.05) is 0 Å². The van der Waals surface area contributed by atoms with Crippen LogP contribution in [0.1, 0.15) is 0 Å². The van der Waals surface area contributed by atoms with Crippen LogP contribution in [0.3, 0.4) is 0 Å². The van der Waals surface area contributed by atoms with Crippen molar-refractivity contribution in [2.75, 3.05) is 0 Å². The molecule has 3 N–H and O–H groups in total. The van der Waals surface area contributed by atoms with Crippen molar-refractivity contribution in [1.29, 1.82) is 0 Å². The molecule has 0 aliphatic heterocycles. The first-order valence-corrected chi connectivity index (χ1v) is 3.19. The summed E-state index contributed by atoms with van der Waals surface area (Å²) in [5.41, 5.74) is 0. The average molecular weight is 206 g/mol. The Hall–Kier alpha value is -2.12. The number of carbonyl (C=O) groups excluding carboxylic acids is 1. The minimum Gasteiger partial charge on any atom is -0.480 e. The SMILES string of the molecule is O=COC(C(=O)O)C(C(=O)O)C(=O)O. The third-order valence-corrected chi connectivity index (χ3v) is 1.28. The van der Waals surface area contributed by atoms with Crippen molar-refractivity contribution in [3.8, 4) is 0 Å². The average Bonchev–Trinajstić information content (AvgIpc) is 2.01. The lowest BCUT2D eigenvalue weighted by Crippen LogP contribution is -2.41. The molecule has 0 aliphatic carbocycles. The number of hydrogen-bond donors (Lipinski definition) is 3. The van der Waals surface area contributed by atoms with Crippen LogP contribution in [0.5, 0.6) is 0 Å². The molecule has 0 aromatic carbocycles. The van der Waals surface area contributed by atoms with Gasteiger partial charge in [-0.25, -0.2) is 4.79 Å². The minimum atomic E-state index is -2.32. The van der Waals surface area contributed by atoms with E-state index in [0.717, 1.165) is 0 Å². The van der Waals surface area contributed by atoms with Crippen LogP contribution < -0.4 is 0 Å². The van der Waals surface area contributed by atoms with E-state index in [9.17, 15) is 19.2 Å². The monoisotopic (exact) mass is 206 g/mol. The van der Waals surface area contributed by atoms with E-state index < -0.39 is 29.9 Å². The van der Waals surface area contributed by atoms with Crippen LogP contribution >= 0.6 is 0 Å². The molecule has 0 saturated carbocycles. The zero-order valence-corrected chi connectivity index (χ0v) is 6.61. The van der Waals surface area contributed by atoms with E-state index in [1.807, 2.05) is 0 Å². The summed E-state index contributed by atoms with van der Waals surface area (Å²) in [5, 5.41) is 25.1. The number of ether oxygens (including phenoxy) is 1. The summed E-state index contributed by atoms with van der Waals surface area (Å²) in [4.78, 5) is 40.8. The van der Waals surface area contributed by atoms with E-state index in [-0.39, 0.29) is 6.47 Å². The molecule has 78 valence electrons. The van der Waals surface area contributed by atoms with E-state index in [2.05, 4.69) is 4.74 Å². The Morgan fingerprint density at radius 1 is 1.00 bits per heavy atom. The van der Waals surface area contributed by atoms with Crippen LogP contribution in [0.4, 0.5) is 0 Å². The number of aliphatic carboxylic acids is 3. The van der Waals surface area contributed by atoms with Crippen LogP contribution in [0.15, 0.2) is 0 Å². The highest BCUT2D eigenvalue weighted by molar-refractivity contribution is 5.98. The molecule has 0 aromatic rings. The summed E-state index contributed by atoms with van der Waals surface area (Å²) in [6, 6.07) is 0. The van der Waals surface area contributed by atoms with Gasteiger partial charge in [-0.2, -0.15) is 0 Å². The zero-order valence-electron chi connectivity index (χ0n) is 6.61. The minimum absolute atomic E-state index is 0.322. The van der Waals surface area contributed by atoms with Crippen molar-refractivity contribution in [2.24, 2.45) is 5.92 Å². The van der Waals surface area contributed by atoms with Gasteiger partial charge in [0.25, 0.3) is 6.47 Å². The van der Waals surface area contributed by atoms with Crippen molar-refractivity contribution >= 4 is 24.4 Å². The van der Waals surface area contributed by atoms with Gasteiger partial charge in [0.05, 0.1) is 0 Å². The van der Waals surface area contributed by atoms with Crippen LogP contribution in [0.25, 0.3) is 0 Å². The largest absolute Gasteiger partial charge is 0.480 e. The molecule has 1 unspecified atom stereocenters. The molecule has 0 radical (unpaired) electrons. The van der Waals surface area contributed by atoms with Gasteiger partial charge in [0.15, 0.2) is 0 Å². The highest BCUT2D eigenvalue weighted by Crippen LogP contribution is 2.08. The molecular weight excluding hydrogens is 200 g/mol. The van der Waals surface area contributed by atoms with E-state index >= 15 is 0 Å². The molecule has 0 aromatic heterocycles. The molecule has 0 spiro atoms. The van der Waals surface area contributed by atoms with E-state index in [1.165, 1.54) is 0 Å². The van der Waals surface area contributed by atoms with Crippen molar-refractivity contribution in [1.82, 2.24) is 0 Å². The van der Waals surface area contributed by atoms with Crippen molar-refractivity contribution in [3.63, 3.8) is 0 Å². The number of carbonyl (C=O) groups is 4. The fraction of sp³-hybridized carbons (Fsp3) is 0.333. The number of carboxylic acids is 3. The van der Waals surface area contributed by atoms with E-state index in [1.54, 1.807) is 0 Å². The van der Waals surface area contributed by atoms with Gasteiger partial charge in [-0.1, -0.05) is 0 Å². The van der Waals surface area contributed by atoms with Gasteiger partial charge < -0.3 is 20.1 Å². The molecule has 0 rings (SSSR count). The molecule has 0 heterocycles. The predicted molar refractivity (Wildman–Crippen MR) is 37.3 cm³/mol. The second kappa shape index (κ2) is 4.80. The van der Waals surface area contributed by atoms with Gasteiger partial charge in [0.2, 0.25) is 12.0 Å². The quantitative estimate of drug-likeness (QED) is 0.348. The highest BCUT2D eigenvalue weighted by Gasteiger charge is 2.41. The Morgan fingerprint density at radius 3 is 1.64 bits per heavy atom. The maximum Gasteiger partial charge on any atom is 0.346 e. The second-order valence-corrected chi connectivity index (χ2v) is 2.15. The first-order valence-electron chi connectivity index (χ1n) is 3.19. The molecule has 0 aliphatic rings. The first kappa shape index (κ1) is 11.9. The molecule has 0 amide bonds. The van der Waals surface area contributed by atoms with Gasteiger partial charge in [-0.3, -0.25) is 14.4 Å². The summed E-state index contributed by atoms with van der Waals surface area (Å²) in [6.45, 7) is -0.322. The lowest BCUT2D eigenvalue weighted by molar-refractivity contribution is -0.174. The lowest BCUT2D eigenvalue weighted by atomic mass is 10.0. The lowest BCUT2D eigenvalue weighted by Gasteiger charge is -2.14.